The van der Waals surface area contributed by atoms with Gasteiger partial charge in [0.1, 0.15) is 6.10 Å². The second-order valence-electron chi connectivity index (χ2n) is 7.45. The second kappa shape index (κ2) is 17.7. The number of aliphatic hydroxyl groups excluding tert-OH is 3. The van der Waals surface area contributed by atoms with Crippen molar-refractivity contribution >= 4 is 5.91 Å². The Morgan fingerprint density at radius 2 is 1.27 bits per heavy atom. The third kappa shape index (κ3) is 13.5. The maximum atomic E-state index is 11.4. The highest BCUT2D eigenvalue weighted by Gasteiger charge is 2.26. The number of unbranched alkanes of at least 4 members (excludes halogenated alkanes) is 11. The molecule has 4 N–H and O–H groups in total. The maximum absolute atomic E-state index is 11.4. The molecule has 0 rings (SSSR count). The van der Waals surface area contributed by atoms with E-state index in [1.165, 1.54) is 57.8 Å². The number of hydrogen-bond acceptors (Lipinski definition) is 4. The van der Waals surface area contributed by atoms with Gasteiger partial charge >= 0.3 is 0 Å². The molecule has 0 aliphatic heterocycles. The second-order valence-corrected chi connectivity index (χ2v) is 7.45. The van der Waals surface area contributed by atoms with E-state index in [1.54, 1.807) is 6.92 Å². The third-order valence-corrected chi connectivity index (χ3v) is 5.02. The molecule has 0 heterocycles. The Morgan fingerprint density at radius 3 is 1.69 bits per heavy atom. The van der Waals surface area contributed by atoms with Gasteiger partial charge in [-0.25, -0.2) is 0 Å². The standard InChI is InChI=1S/C21H43NO4/c1-3-5-6-7-8-9-10-11-12-13-14-15-16-19(24)21(26)18(17-23)22-20(25)4-2/h18-19,21,23-24,26H,3-17H2,1-2H3,(H,22,25)/t18-,19+,21-/m0/s1. The highest BCUT2D eigenvalue weighted by Crippen LogP contribution is 2.14. The summed E-state index contributed by atoms with van der Waals surface area (Å²) in [4.78, 5) is 11.4. The molecule has 1 amide bonds. The lowest BCUT2D eigenvalue weighted by molar-refractivity contribution is -0.123. The Balaban J connectivity index is 3.60. The van der Waals surface area contributed by atoms with Crippen molar-refractivity contribution in [3.05, 3.63) is 0 Å². The zero-order valence-electron chi connectivity index (χ0n) is 17.1. The Hall–Kier alpha value is -0.650. The van der Waals surface area contributed by atoms with Crippen molar-refractivity contribution in [2.75, 3.05) is 6.61 Å². The van der Waals surface area contributed by atoms with Crippen molar-refractivity contribution in [1.29, 1.82) is 0 Å². The average Bonchev–Trinajstić information content (AvgIpc) is 2.65. The first-order valence-corrected chi connectivity index (χ1v) is 10.8. The molecule has 0 unspecified atom stereocenters. The quantitative estimate of drug-likeness (QED) is 0.276. The molecule has 0 saturated carbocycles. The van der Waals surface area contributed by atoms with Crippen LogP contribution in [0.25, 0.3) is 0 Å². The molecule has 0 radical (unpaired) electrons. The average molecular weight is 374 g/mol. The highest BCUT2D eigenvalue weighted by molar-refractivity contribution is 5.75. The van der Waals surface area contributed by atoms with E-state index in [2.05, 4.69) is 12.2 Å². The predicted octanol–water partition coefficient (Wildman–Crippen LogP) is 3.69. The summed E-state index contributed by atoms with van der Waals surface area (Å²) in [5.41, 5.74) is 0. The molecule has 5 heteroatoms. The van der Waals surface area contributed by atoms with Crippen LogP contribution in [0.1, 0.15) is 104 Å². The van der Waals surface area contributed by atoms with Crippen molar-refractivity contribution in [2.24, 2.45) is 0 Å². The molecule has 26 heavy (non-hydrogen) atoms. The van der Waals surface area contributed by atoms with Crippen LogP contribution in [0.2, 0.25) is 0 Å². The van der Waals surface area contributed by atoms with Crippen LogP contribution in [0, 0.1) is 0 Å². The van der Waals surface area contributed by atoms with E-state index < -0.39 is 18.2 Å². The van der Waals surface area contributed by atoms with Crippen molar-refractivity contribution < 1.29 is 20.1 Å². The van der Waals surface area contributed by atoms with Gasteiger partial charge in [0.15, 0.2) is 0 Å². The van der Waals surface area contributed by atoms with Crippen molar-refractivity contribution in [3.63, 3.8) is 0 Å². The maximum Gasteiger partial charge on any atom is 0.220 e. The molecule has 5 nitrogen and oxygen atoms in total. The van der Waals surface area contributed by atoms with E-state index in [9.17, 15) is 20.1 Å². The lowest BCUT2D eigenvalue weighted by Gasteiger charge is -2.26. The lowest BCUT2D eigenvalue weighted by atomic mass is 9.99. The van der Waals surface area contributed by atoms with Crippen LogP contribution in [0.4, 0.5) is 0 Å². The minimum absolute atomic E-state index is 0.235. The van der Waals surface area contributed by atoms with Crippen molar-refractivity contribution in [1.82, 2.24) is 5.32 Å². The Labute approximate surface area is 160 Å². The van der Waals surface area contributed by atoms with Crippen LogP contribution in [0.3, 0.4) is 0 Å². The summed E-state index contributed by atoms with van der Waals surface area (Å²) in [6.07, 6.45) is 13.8. The first-order chi connectivity index (χ1) is 12.6. The fourth-order valence-electron chi connectivity index (χ4n) is 3.18. The van der Waals surface area contributed by atoms with Gasteiger partial charge in [0, 0.05) is 6.42 Å². The summed E-state index contributed by atoms with van der Waals surface area (Å²) in [7, 11) is 0. The molecule has 0 spiro atoms. The number of amides is 1. The van der Waals surface area contributed by atoms with E-state index in [4.69, 9.17) is 0 Å². The van der Waals surface area contributed by atoms with Crippen LogP contribution in [-0.4, -0.2) is 46.1 Å². The smallest absolute Gasteiger partial charge is 0.220 e. The highest BCUT2D eigenvalue weighted by atomic mass is 16.3. The van der Waals surface area contributed by atoms with Gasteiger partial charge in [-0.1, -0.05) is 90.9 Å². The molecule has 0 bridgehead atoms. The van der Waals surface area contributed by atoms with Crippen LogP contribution in [0.15, 0.2) is 0 Å². The van der Waals surface area contributed by atoms with Gasteiger partial charge in [0.05, 0.1) is 18.8 Å². The predicted molar refractivity (Wildman–Crippen MR) is 107 cm³/mol. The van der Waals surface area contributed by atoms with Gasteiger partial charge in [-0.3, -0.25) is 4.79 Å². The van der Waals surface area contributed by atoms with Gasteiger partial charge in [-0.15, -0.1) is 0 Å². The zero-order valence-corrected chi connectivity index (χ0v) is 17.1. The number of rotatable bonds is 18. The fraction of sp³-hybridized carbons (Fsp3) is 0.952. The van der Waals surface area contributed by atoms with Gasteiger partial charge in [-0.2, -0.15) is 0 Å². The Kier molecular flexibility index (Phi) is 17.3. The summed E-state index contributed by atoms with van der Waals surface area (Å²) < 4.78 is 0. The molecule has 0 aromatic rings. The van der Waals surface area contributed by atoms with Gasteiger partial charge in [0.25, 0.3) is 0 Å². The van der Waals surface area contributed by atoms with Gasteiger partial charge in [-0.05, 0) is 6.42 Å². The number of carbonyl (C=O) groups is 1. The molecule has 156 valence electrons. The zero-order chi connectivity index (χ0) is 19.6. The SMILES string of the molecule is CCCCCCCCCCCCCC[C@@H](O)[C@@H](O)[C@H](CO)NC(=O)CC. The van der Waals surface area contributed by atoms with Gasteiger partial charge in [0.2, 0.25) is 5.91 Å². The third-order valence-electron chi connectivity index (χ3n) is 5.02. The first-order valence-electron chi connectivity index (χ1n) is 10.8. The summed E-state index contributed by atoms with van der Waals surface area (Å²) in [5.74, 6) is -0.235. The van der Waals surface area contributed by atoms with E-state index in [0.29, 0.717) is 6.42 Å². The van der Waals surface area contributed by atoms with Crippen LogP contribution in [0.5, 0.6) is 0 Å². The molecule has 0 aromatic carbocycles. The van der Waals surface area contributed by atoms with Crippen LogP contribution < -0.4 is 5.32 Å². The Morgan fingerprint density at radius 1 is 0.808 bits per heavy atom. The van der Waals surface area contributed by atoms with E-state index >= 15 is 0 Å². The molecule has 0 aliphatic rings. The minimum atomic E-state index is -1.12. The van der Waals surface area contributed by atoms with E-state index in [0.717, 1.165) is 19.3 Å². The lowest BCUT2D eigenvalue weighted by Crippen LogP contribution is -2.50. The van der Waals surface area contributed by atoms with E-state index in [-0.39, 0.29) is 18.9 Å². The van der Waals surface area contributed by atoms with E-state index in [1.807, 2.05) is 0 Å². The normalized spacial score (nSPS) is 14.8. The molecular formula is C21H43NO4. The summed E-state index contributed by atoms with van der Waals surface area (Å²) in [6, 6.07) is -0.797. The molecule has 0 aromatic heterocycles. The molecule has 0 saturated heterocycles. The molecule has 3 atom stereocenters. The summed E-state index contributed by atoms with van der Waals surface area (Å²) in [5, 5.41) is 31.9. The Bertz CT molecular complexity index is 325. The molecule has 0 aliphatic carbocycles. The fourth-order valence-corrected chi connectivity index (χ4v) is 3.18. The number of hydrogen-bond donors (Lipinski definition) is 4. The molecule has 0 fully saturated rings. The van der Waals surface area contributed by atoms with Crippen molar-refractivity contribution in [3.8, 4) is 0 Å². The van der Waals surface area contributed by atoms with Crippen LogP contribution >= 0.6 is 0 Å². The number of aliphatic hydroxyl groups is 3. The minimum Gasteiger partial charge on any atom is -0.394 e. The van der Waals surface area contributed by atoms with Gasteiger partial charge < -0.3 is 20.6 Å². The summed E-state index contributed by atoms with van der Waals surface area (Å²) in [6.45, 7) is 3.58. The number of nitrogens with one attached hydrogen (secondary N) is 1. The monoisotopic (exact) mass is 373 g/mol. The van der Waals surface area contributed by atoms with Crippen LogP contribution in [-0.2, 0) is 4.79 Å². The topological polar surface area (TPSA) is 89.8 Å². The first kappa shape index (κ1) is 25.4. The number of carbonyl (C=O) groups excluding carboxylic acids is 1. The molecular weight excluding hydrogens is 330 g/mol. The summed E-state index contributed by atoms with van der Waals surface area (Å²) >= 11 is 0. The largest absolute Gasteiger partial charge is 0.394 e. The van der Waals surface area contributed by atoms with Crippen molar-refractivity contribution in [2.45, 2.75) is 122 Å².